The molecule has 1 aromatic carbocycles. The van der Waals surface area contributed by atoms with E-state index < -0.39 is 34.0 Å². The van der Waals surface area contributed by atoms with Gasteiger partial charge in [0.1, 0.15) is 23.3 Å². The van der Waals surface area contributed by atoms with Crippen LogP contribution < -0.4 is 9.47 Å². The molecule has 0 aliphatic carbocycles. The number of carbonyl (C=O) groups excluding carboxylic acids is 1. The normalized spacial score (nSPS) is 18.3. The summed E-state index contributed by atoms with van der Waals surface area (Å²) in [4.78, 5) is 18.6. The molecule has 10 nitrogen and oxygen atoms in total. The van der Waals surface area contributed by atoms with Crippen molar-refractivity contribution in [2.45, 2.75) is 56.3 Å². The van der Waals surface area contributed by atoms with Crippen molar-refractivity contribution in [2.24, 2.45) is 0 Å². The van der Waals surface area contributed by atoms with Gasteiger partial charge in [0, 0.05) is 10.7 Å². The van der Waals surface area contributed by atoms with E-state index in [0.29, 0.717) is 12.8 Å². The number of carbonyl (C=O) groups is 1. The van der Waals surface area contributed by atoms with Gasteiger partial charge in [-0.15, -0.1) is 0 Å². The van der Waals surface area contributed by atoms with E-state index in [1.807, 2.05) is 6.07 Å². The molecule has 2 aromatic rings. The Labute approximate surface area is 219 Å². The zero-order valence-electron chi connectivity index (χ0n) is 20.4. The number of methoxy groups -OCH3 is 1. The molecule has 0 spiro atoms. The molecular weight excluding hydrogens is 554 g/mol. The highest BCUT2D eigenvalue weighted by Gasteiger charge is 2.37. The molecule has 0 bridgehead atoms. The molecule has 194 valence electrons. The van der Waals surface area contributed by atoms with Crippen LogP contribution in [0.25, 0.3) is 0 Å². The van der Waals surface area contributed by atoms with Gasteiger partial charge >= 0.3 is 6.09 Å². The number of nitriles is 1. The van der Waals surface area contributed by atoms with Crippen LogP contribution in [0.3, 0.4) is 0 Å². The lowest BCUT2D eigenvalue weighted by molar-refractivity contribution is -0.0162. The number of halogens is 1. The molecule has 1 aliphatic rings. The second-order valence-electron chi connectivity index (χ2n) is 9.11. The van der Waals surface area contributed by atoms with E-state index in [4.69, 9.17) is 18.4 Å². The van der Waals surface area contributed by atoms with E-state index in [2.05, 4.69) is 20.9 Å². The van der Waals surface area contributed by atoms with Gasteiger partial charge in [-0.3, -0.25) is 9.08 Å². The number of hydrogen-bond acceptors (Lipinski definition) is 9. The van der Waals surface area contributed by atoms with Crippen LogP contribution in [0.1, 0.15) is 39.2 Å². The molecule has 1 amide bonds. The smallest absolute Gasteiger partial charge is 0.410 e. The summed E-state index contributed by atoms with van der Waals surface area (Å²) in [7, 11) is -2.61. The molecule has 1 aliphatic heterocycles. The second-order valence-corrected chi connectivity index (χ2v) is 11.6. The van der Waals surface area contributed by atoms with E-state index in [0.717, 1.165) is 4.47 Å². The Bertz CT molecular complexity index is 1220. The SMILES string of the molecule is COc1c(C#N)ccnc1O[C@@H]1CC[C@@H](COS(=O)(=O)c2ccc(Br)cc2)N(C(=O)OC(C)(C)C)C1. The summed E-state index contributed by atoms with van der Waals surface area (Å²) in [5.41, 5.74) is -0.488. The van der Waals surface area contributed by atoms with Crippen molar-refractivity contribution in [2.75, 3.05) is 20.3 Å². The standard InChI is InChI=1S/C24H28BrN3O7S/c1-24(2,3)35-23(29)28-14-19(34-22-21(32-4)16(13-26)11-12-27-22)8-7-18(28)15-33-36(30,31)20-9-5-17(25)6-10-20/h5-6,9-12,18-19H,7-8,14-15H2,1-4H3/t18-,19+/m0/s1. The topological polar surface area (TPSA) is 128 Å². The van der Waals surface area contributed by atoms with E-state index >= 15 is 0 Å². The van der Waals surface area contributed by atoms with Crippen molar-refractivity contribution < 1.29 is 31.6 Å². The summed E-state index contributed by atoms with van der Waals surface area (Å²) in [6.45, 7) is 5.09. The van der Waals surface area contributed by atoms with Crippen molar-refractivity contribution in [3.8, 4) is 17.7 Å². The predicted molar refractivity (Wildman–Crippen MR) is 133 cm³/mol. The van der Waals surface area contributed by atoms with Gasteiger partial charge in [0.05, 0.1) is 31.2 Å². The van der Waals surface area contributed by atoms with Crippen molar-refractivity contribution in [3.63, 3.8) is 0 Å². The molecule has 0 N–H and O–H groups in total. The Morgan fingerprint density at radius 1 is 1.22 bits per heavy atom. The number of nitrogens with zero attached hydrogens (tertiary/aromatic N) is 3. The monoisotopic (exact) mass is 581 g/mol. The third-order valence-electron chi connectivity index (χ3n) is 5.28. The maximum absolute atomic E-state index is 13.0. The number of rotatable bonds is 7. The number of amides is 1. The number of hydrogen-bond donors (Lipinski definition) is 0. The van der Waals surface area contributed by atoms with E-state index in [-0.39, 0.29) is 35.2 Å². The summed E-state index contributed by atoms with van der Waals surface area (Å²) in [5, 5.41) is 9.31. The molecule has 3 rings (SSSR count). The number of piperidine rings is 1. The minimum atomic E-state index is -4.03. The lowest BCUT2D eigenvalue weighted by atomic mass is 10.0. The molecule has 12 heteroatoms. The summed E-state index contributed by atoms with van der Waals surface area (Å²) in [6.07, 6.45) is 1.20. The number of benzene rings is 1. The molecule has 0 unspecified atom stereocenters. The Kier molecular flexibility index (Phi) is 8.81. The summed E-state index contributed by atoms with van der Waals surface area (Å²) >= 11 is 3.27. The minimum absolute atomic E-state index is 0.0158. The van der Waals surface area contributed by atoms with E-state index in [9.17, 15) is 18.5 Å². The predicted octanol–water partition coefficient (Wildman–Crippen LogP) is 4.28. The molecule has 1 aromatic heterocycles. The zero-order chi connectivity index (χ0) is 26.5. The van der Waals surface area contributed by atoms with Gasteiger partial charge in [-0.25, -0.2) is 9.78 Å². The van der Waals surface area contributed by atoms with Crippen LogP contribution in [-0.4, -0.2) is 62.4 Å². The molecule has 1 saturated heterocycles. The van der Waals surface area contributed by atoms with Gasteiger partial charge in [-0.1, -0.05) is 15.9 Å². The van der Waals surface area contributed by atoms with E-state index in [1.54, 1.807) is 32.9 Å². The lowest BCUT2D eigenvalue weighted by Gasteiger charge is -2.39. The van der Waals surface area contributed by atoms with Crippen LogP contribution in [0.5, 0.6) is 11.6 Å². The van der Waals surface area contributed by atoms with Gasteiger partial charge in [0.15, 0.2) is 5.75 Å². The third-order valence-corrected chi connectivity index (χ3v) is 7.11. The highest BCUT2D eigenvalue weighted by Crippen LogP contribution is 2.31. The van der Waals surface area contributed by atoms with Crippen molar-refractivity contribution in [1.82, 2.24) is 9.88 Å². The highest BCUT2D eigenvalue weighted by molar-refractivity contribution is 9.10. The van der Waals surface area contributed by atoms with Crippen LogP contribution in [0.2, 0.25) is 0 Å². The lowest BCUT2D eigenvalue weighted by Crippen LogP contribution is -2.53. The minimum Gasteiger partial charge on any atom is -0.490 e. The largest absolute Gasteiger partial charge is 0.490 e. The molecule has 2 atom stereocenters. The number of aromatic nitrogens is 1. The first-order valence-electron chi connectivity index (χ1n) is 11.2. The van der Waals surface area contributed by atoms with Crippen molar-refractivity contribution >= 4 is 32.1 Å². The van der Waals surface area contributed by atoms with Crippen molar-refractivity contribution in [1.29, 1.82) is 5.26 Å². The molecular formula is C24H28BrN3O7S. The van der Waals surface area contributed by atoms with E-state index in [1.165, 1.54) is 36.4 Å². The summed E-state index contributed by atoms with van der Waals surface area (Å²) < 4.78 is 48.3. The Morgan fingerprint density at radius 2 is 1.92 bits per heavy atom. The van der Waals surface area contributed by atoms with Crippen LogP contribution >= 0.6 is 15.9 Å². The molecule has 36 heavy (non-hydrogen) atoms. The zero-order valence-corrected chi connectivity index (χ0v) is 22.8. The molecule has 0 radical (unpaired) electrons. The van der Waals surface area contributed by atoms with Gasteiger partial charge in [-0.2, -0.15) is 13.7 Å². The Hall–Kier alpha value is -2.88. The van der Waals surface area contributed by atoms with Crippen molar-refractivity contribution in [3.05, 3.63) is 46.6 Å². The van der Waals surface area contributed by atoms with Crippen LogP contribution in [0, 0.1) is 11.3 Å². The highest BCUT2D eigenvalue weighted by atomic mass is 79.9. The maximum atomic E-state index is 13.0. The summed E-state index contributed by atoms with van der Waals surface area (Å²) in [6, 6.07) is 9.06. The summed E-state index contributed by atoms with van der Waals surface area (Å²) in [5.74, 6) is 0.341. The van der Waals surface area contributed by atoms with Crippen LogP contribution in [-0.2, 0) is 19.0 Å². The molecule has 2 heterocycles. The number of pyridine rings is 1. The maximum Gasteiger partial charge on any atom is 0.410 e. The quantitative estimate of drug-likeness (QED) is 0.440. The fourth-order valence-corrected chi connectivity index (χ4v) is 4.81. The van der Waals surface area contributed by atoms with Gasteiger partial charge in [0.2, 0.25) is 0 Å². The van der Waals surface area contributed by atoms with Gasteiger partial charge < -0.3 is 14.2 Å². The third kappa shape index (κ3) is 7.09. The Morgan fingerprint density at radius 3 is 2.53 bits per heavy atom. The molecule has 0 saturated carbocycles. The second kappa shape index (κ2) is 11.5. The molecule has 1 fully saturated rings. The average Bonchev–Trinajstić information content (AvgIpc) is 2.82. The first-order valence-corrected chi connectivity index (χ1v) is 13.4. The first-order chi connectivity index (χ1) is 16.9. The first kappa shape index (κ1) is 27.7. The Balaban J connectivity index is 1.77. The fourth-order valence-electron chi connectivity index (χ4n) is 3.60. The van der Waals surface area contributed by atoms with Gasteiger partial charge in [0.25, 0.3) is 16.0 Å². The van der Waals surface area contributed by atoms with Crippen LogP contribution in [0.4, 0.5) is 4.79 Å². The van der Waals surface area contributed by atoms with Gasteiger partial charge in [-0.05, 0) is 63.9 Å². The fraction of sp³-hybridized carbons (Fsp3) is 0.458. The number of ether oxygens (including phenoxy) is 3. The average molecular weight is 582 g/mol. The van der Waals surface area contributed by atoms with Crippen LogP contribution in [0.15, 0.2) is 45.9 Å². The number of likely N-dealkylation sites (tertiary alicyclic amines) is 1.